The van der Waals surface area contributed by atoms with Crippen molar-refractivity contribution >= 4 is 48.8 Å². The molecule has 1 aliphatic carbocycles. The first-order chi connectivity index (χ1) is 18.3. The SMILES string of the molecule is CS(=O)(=O)N(CCC1CCS(=O)(=O)C1)c1nc2oc(-c3ccc(F)cc3)c(C(=O)OC(N)=O)c2cc1C1CC1. The van der Waals surface area contributed by atoms with E-state index >= 15 is 0 Å². The van der Waals surface area contributed by atoms with Gasteiger partial charge in [-0.1, -0.05) is 0 Å². The van der Waals surface area contributed by atoms with Gasteiger partial charge in [-0.3, -0.25) is 4.31 Å². The molecule has 1 aromatic carbocycles. The van der Waals surface area contributed by atoms with Crippen LogP contribution < -0.4 is 10.0 Å². The number of rotatable bonds is 8. The molecule has 0 spiro atoms. The predicted molar refractivity (Wildman–Crippen MR) is 140 cm³/mol. The van der Waals surface area contributed by atoms with Crippen molar-refractivity contribution in [2.24, 2.45) is 11.7 Å². The Morgan fingerprint density at radius 2 is 1.90 bits per heavy atom. The second-order valence-electron chi connectivity index (χ2n) is 9.94. The molecule has 3 aromatic rings. The summed E-state index contributed by atoms with van der Waals surface area (Å²) in [6.07, 6.45) is 2.04. The molecular weight excluding hydrogens is 553 g/mol. The quantitative estimate of drug-likeness (QED) is 0.311. The maximum Gasteiger partial charge on any atom is 0.412 e. The maximum atomic E-state index is 13.6. The molecule has 39 heavy (non-hydrogen) atoms. The predicted octanol–water partition coefficient (Wildman–Crippen LogP) is 3.34. The number of nitrogens with zero attached hydrogens (tertiary/aromatic N) is 2. The molecule has 14 heteroatoms. The van der Waals surface area contributed by atoms with Crippen molar-refractivity contribution in [3.63, 3.8) is 0 Å². The highest BCUT2D eigenvalue weighted by atomic mass is 32.2. The monoisotopic (exact) mass is 579 g/mol. The lowest BCUT2D eigenvalue weighted by atomic mass is 10.0. The number of fused-ring (bicyclic) bond motifs is 1. The van der Waals surface area contributed by atoms with E-state index in [9.17, 15) is 30.8 Å². The molecule has 5 rings (SSSR count). The average Bonchev–Trinajstić information content (AvgIpc) is 3.52. The fourth-order valence-electron chi connectivity index (χ4n) is 4.90. The summed E-state index contributed by atoms with van der Waals surface area (Å²) in [5, 5.41) is 0.182. The van der Waals surface area contributed by atoms with Crippen LogP contribution in [0.4, 0.5) is 15.0 Å². The summed E-state index contributed by atoms with van der Waals surface area (Å²) in [5.74, 6) is -1.65. The van der Waals surface area contributed by atoms with Crippen molar-refractivity contribution in [1.82, 2.24) is 4.98 Å². The van der Waals surface area contributed by atoms with E-state index in [1.54, 1.807) is 6.07 Å². The normalized spacial score (nSPS) is 18.8. The van der Waals surface area contributed by atoms with Crippen LogP contribution in [0, 0.1) is 11.7 Å². The number of anilines is 1. The second-order valence-corrected chi connectivity index (χ2v) is 14.1. The summed E-state index contributed by atoms with van der Waals surface area (Å²) >= 11 is 0. The fraction of sp³-hybridized carbons (Fsp3) is 0.400. The van der Waals surface area contributed by atoms with Crippen molar-refractivity contribution in [1.29, 1.82) is 0 Å². The Bertz CT molecular complexity index is 1680. The number of primary amides is 1. The van der Waals surface area contributed by atoms with Gasteiger partial charge in [-0.15, -0.1) is 0 Å². The fourth-order valence-corrected chi connectivity index (χ4v) is 7.71. The van der Waals surface area contributed by atoms with Crippen molar-refractivity contribution in [2.45, 2.75) is 31.6 Å². The first-order valence-electron chi connectivity index (χ1n) is 12.3. The number of hydrogen-bond donors (Lipinski definition) is 1. The summed E-state index contributed by atoms with van der Waals surface area (Å²) in [5.41, 5.74) is 5.67. The molecule has 1 amide bonds. The molecule has 2 N–H and O–H groups in total. The number of benzene rings is 1. The summed E-state index contributed by atoms with van der Waals surface area (Å²) < 4.78 is 74.9. The van der Waals surface area contributed by atoms with E-state index in [-0.39, 0.29) is 58.1 Å². The number of pyridine rings is 1. The number of carbonyl (C=O) groups excluding carboxylic acids is 2. The summed E-state index contributed by atoms with van der Waals surface area (Å²) in [4.78, 5) is 28.8. The Morgan fingerprint density at radius 3 is 2.46 bits per heavy atom. The largest absolute Gasteiger partial charge is 0.437 e. The molecule has 3 heterocycles. The Morgan fingerprint density at radius 1 is 1.21 bits per heavy atom. The lowest BCUT2D eigenvalue weighted by molar-refractivity contribution is 0.0640. The van der Waals surface area contributed by atoms with E-state index in [2.05, 4.69) is 9.72 Å². The van der Waals surface area contributed by atoms with Crippen LogP contribution in [0.5, 0.6) is 0 Å². The lowest BCUT2D eigenvalue weighted by Gasteiger charge is -2.25. The first-order valence-corrected chi connectivity index (χ1v) is 15.9. The Labute approximate surface area is 224 Å². The maximum absolute atomic E-state index is 13.6. The first kappa shape index (κ1) is 27.1. The Balaban J connectivity index is 1.64. The van der Waals surface area contributed by atoms with Crippen LogP contribution in [0.1, 0.15) is 47.5 Å². The van der Waals surface area contributed by atoms with Crippen LogP contribution >= 0.6 is 0 Å². The highest BCUT2D eigenvalue weighted by molar-refractivity contribution is 7.92. The molecule has 1 aliphatic heterocycles. The van der Waals surface area contributed by atoms with E-state index < -0.39 is 37.7 Å². The highest BCUT2D eigenvalue weighted by Gasteiger charge is 2.36. The van der Waals surface area contributed by atoms with E-state index in [1.807, 2.05) is 0 Å². The molecule has 2 fully saturated rings. The molecule has 11 nitrogen and oxygen atoms in total. The third-order valence-electron chi connectivity index (χ3n) is 6.92. The Hall–Kier alpha value is -3.52. The number of amides is 1. The molecule has 2 aliphatic rings. The van der Waals surface area contributed by atoms with Crippen LogP contribution in [0.2, 0.25) is 0 Å². The summed E-state index contributed by atoms with van der Waals surface area (Å²) in [6.45, 7) is 0.0132. The van der Waals surface area contributed by atoms with Crippen LogP contribution in [0.25, 0.3) is 22.4 Å². The molecule has 1 saturated heterocycles. The van der Waals surface area contributed by atoms with E-state index in [1.165, 1.54) is 12.1 Å². The number of hydrogen-bond acceptors (Lipinski definition) is 9. The molecule has 1 saturated carbocycles. The van der Waals surface area contributed by atoms with Gasteiger partial charge >= 0.3 is 12.1 Å². The second kappa shape index (κ2) is 9.90. The van der Waals surface area contributed by atoms with Gasteiger partial charge in [0, 0.05) is 12.1 Å². The van der Waals surface area contributed by atoms with Crippen LogP contribution in [0.15, 0.2) is 34.7 Å². The van der Waals surface area contributed by atoms with E-state index in [0.717, 1.165) is 35.5 Å². The number of sulfonamides is 1. The van der Waals surface area contributed by atoms with Crippen LogP contribution in [0.3, 0.4) is 0 Å². The van der Waals surface area contributed by atoms with Gasteiger partial charge in [0.15, 0.2) is 15.6 Å². The van der Waals surface area contributed by atoms with Gasteiger partial charge in [-0.25, -0.2) is 30.8 Å². The van der Waals surface area contributed by atoms with Crippen LogP contribution in [-0.2, 0) is 24.6 Å². The van der Waals surface area contributed by atoms with Gasteiger partial charge in [-0.2, -0.15) is 4.98 Å². The minimum atomic E-state index is -3.84. The highest BCUT2D eigenvalue weighted by Crippen LogP contribution is 2.47. The zero-order chi connectivity index (χ0) is 28.1. The lowest BCUT2D eigenvalue weighted by Crippen LogP contribution is -2.33. The number of aromatic nitrogens is 1. The third kappa shape index (κ3) is 5.76. The van der Waals surface area contributed by atoms with Gasteiger partial charge in [0.1, 0.15) is 17.2 Å². The smallest absolute Gasteiger partial charge is 0.412 e. The minimum absolute atomic E-state index is 0.0110. The van der Waals surface area contributed by atoms with E-state index in [0.29, 0.717) is 24.0 Å². The number of halogens is 1. The van der Waals surface area contributed by atoms with Gasteiger partial charge in [-0.05, 0) is 73.4 Å². The molecule has 2 aromatic heterocycles. The van der Waals surface area contributed by atoms with Crippen molar-refractivity contribution in [2.75, 3.05) is 28.6 Å². The molecule has 208 valence electrons. The number of nitrogens with two attached hydrogens (primary N) is 1. The number of furan rings is 1. The molecule has 0 bridgehead atoms. The number of carbonyl (C=O) groups is 2. The van der Waals surface area contributed by atoms with E-state index in [4.69, 9.17) is 10.2 Å². The van der Waals surface area contributed by atoms with Crippen LogP contribution in [-0.4, -0.2) is 58.2 Å². The number of esters is 1. The van der Waals surface area contributed by atoms with Gasteiger partial charge in [0.05, 0.1) is 23.1 Å². The molecule has 1 atom stereocenters. The standard InChI is InChI=1S/C25H26FN3O8S2/c1-38(32,33)29(10-8-14-9-11-39(34,35)13-14)22-18(15-2-3-15)12-19-20(24(30)37-25(27)31)21(36-23(19)28-22)16-4-6-17(26)7-5-16/h4-7,12,14-15H,2-3,8-11,13H2,1H3,(H2,27,31). The van der Waals surface area contributed by atoms with Crippen molar-refractivity contribution in [3.8, 4) is 11.3 Å². The average molecular weight is 580 g/mol. The zero-order valence-electron chi connectivity index (χ0n) is 20.9. The van der Waals surface area contributed by atoms with Gasteiger partial charge in [0.25, 0.3) is 0 Å². The molecular formula is C25H26FN3O8S2. The van der Waals surface area contributed by atoms with Gasteiger partial charge < -0.3 is 14.9 Å². The number of ether oxygens (including phenoxy) is 1. The summed E-state index contributed by atoms with van der Waals surface area (Å²) in [7, 11) is -6.97. The zero-order valence-corrected chi connectivity index (χ0v) is 22.6. The molecule has 1 unspecified atom stereocenters. The Kier molecular flexibility index (Phi) is 6.87. The topological polar surface area (TPSA) is 167 Å². The minimum Gasteiger partial charge on any atom is -0.437 e. The van der Waals surface area contributed by atoms with Crippen molar-refractivity contribution in [3.05, 3.63) is 47.3 Å². The summed E-state index contributed by atoms with van der Waals surface area (Å²) in [6, 6.07) is 6.66. The van der Waals surface area contributed by atoms with Crippen molar-refractivity contribution < 1.29 is 40.0 Å². The number of sulfone groups is 1. The molecule has 0 radical (unpaired) electrons. The third-order valence-corrected chi connectivity index (χ3v) is 9.91. The van der Waals surface area contributed by atoms with Gasteiger partial charge in [0.2, 0.25) is 15.7 Å².